The molecule has 1 N–H and O–H groups in total. The van der Waals surface area contributed by atoms with E-state index < -0.39 is 5.97 Å². The topological polar surface area (TPSA) is 72.6 Å². The van der Waals surface area contributed by atoms with Crippen LogP contribution in [0.15, 0.2) is 83.4 Å². The van der Waals surface area contributed by atoms with Crippen LogP contribution in [-0.4, -0.2) is 16.2 Å². The lowest BCUT2D eigenvalue weighted by Gasteiger charge is -2.11. The van der Waals surface area contributed by atoms with Crippen molar-refractivity contribution in [3.8, 4) is 28.1 Å². The number of aryl methyl sites for hydroxylation is 1. The SMILES string of the molecule is CCCc1onc(-c2c(Cl)cccc2Cl)c1COc1ccc(-c2ccc3cccc(C(=O)O)c3c2)cc1. The zero-order chi connectivity index (χ0) is 25.9. The van der Waals surface area contributed by atoms with Gasteiger partial charge >= 0.3 is 5.97 Å². The Morgan fingerprint density at radius 3 is 2.35 bits per heavy atom. The lowest BCUT2D eigenvalue weighted by Crippen LogP contribution is -2.00. The van der Waals surface area contributed by atoms with Gasteiger partial charge in [0.15, 0.2) is 0 Å². The first-order valence-electron chi connectivity index (χ1n) is 11.9. The molecule has 1 heterocycles. The Morgan fingerprint density at radius 2 is 1.65 bits per heavy atom. The third-order valence-electron chi connectivity index (χ3n) is 6.23. The zero-order valence-corrected chi connectivity index (χ0v) is 21.5. The van der Waals surface area contributed by atoms with Crippen molar-refractivity contribution in [1.82, 2.24) is 5.16 Å². The fourth-order valence-corrected chi connectivity index (χ4v) is 4.95. The van der Waals surface area contributed by atoms with Crippen molar-refractivity contribution in [2.24, 2.45) is 0 Å². The van der Waals surface area contributed by atoms with E-state index in [1.807, 2.05) is 48.5 Å². The average molecular weight is 532 g/mol. The molecule has 0 aliphatic heterocycles. The first-order chi connectivity index (χ1) is 18.0. The molecule has 0 fully saturated rings. The highest BCUT2D eigenvalue weighted by atomic mass is 35.5. The smallest absolute Gasteiger partial charge is 0.336 e. The maximum absolute atomic E-state index is 11.7. The van der Waals surface area contributed by atoms with Crippen LogP contribution in [0.25, 0.3) is 33.2 Å². The number of hydrogen-bond acceptors (Lipinski definition) is 4. The number of ether oxygens (including phenoxy) is 1. The van der Waals surface area contributed by atoms with Gasteiger partial charge in [0.2, 0.25) is 0 Å². The Balaban J connectivity index is 1.40. The monoisotopic (exact) mass is 531 g/mol. The van der Waals surface area contributed by atoms with E-state index in [2.05, 4.69) is 12.1 Å². The Bertz CT molecular complexity index is 1570. The highest BCUT2D eigenvalue weighted by molar-refractivity contribution is 6.39. The van der Waals surface area contributed by atoms with E-state index in [1.165, 1.54) is 0 Å². The summed E-state index contributed by atoms with van der Waals surface area (Å²) in [4.78, 5) is 11.7. The van der Waals surface area contributed by atoms with Crippen LogP contribution >= 0.6 is 23.2 Å². The second-order valence-electron chi connectivity index (χ2n) is 8.64. The minimum absolute atomic E-state index is 0.243. The Morgan fingerprint density at radius 1 is 0.946 bits per heavy atom. The van der Waals surface area contributed by atoms with E-state index in [0.717, 1.165) is 34.3 Å². The molecule has 5 aromatic rings. The standard InChI is InChI=1S/C30H23Cl2NO4/c1-2-5-27-24(29(33-37-27)28-25(31)8-4-9-26(28)32)17-36-21-14-12-18(13-15-21)20-11-10-19-6-3-7-22(30(34)35)23(19)16-20/h3-4,6-16H,2,5,17H2,1H3,(H,34,35). The van der Waals surface area contributed by atoms with Crippen LogP contribution in [0.2, 0.25) is 10.0 Å². The van der Waals surface area contributed by atoms with Gasteiger partial charge in [-0.2, -0.15) is 0 Å². The van der Waals surface area contributed by atoms with Gasteiger partial charge in [-0.15, -0.1) is 0 Å². The van der Waals surface area contributed by atoms with E-state index in [9.17, 15) is 9.90 Å². The molecule has 5 rings (SSSR count). The Kier molecular flexibility index (Phi) is 7.17. The lowest BCUT2D eigenvalue weighted by atomic mass is 9.98. The number of carboxylic acids is 1. The van der Waals surface area contributed by atoms with Crippen molar-refractivity contribution < 1.29 is 19.2 Å². The highest BCUT2D eigenvalue weighted by Crippen LogP contribution is 2.37. The molecular formula is C30H23Cl2NO4. The number of aromatic nitrogens is 1. The number of carboxylic acid groups (broad SMARTS) is 1. The van der Waals surface area contributed by atoms with Crippen LogP contribution in [0.4, 0.5) is 0 Å². The molecule has 1 aromatic heterocycles. The summed E-state index contributed by atoms with van der Waals surface area (Å²) in [6.45, 7) is 2.31. The third-order valence-corrected chi connectivity index (χ3v) is 6.86. The number of aromatic carboxylic acids is 1. The molecule has 0 unspecified atom stereocenters. The molecule has 0 atom stereocenters. The molecule has 7 heteroatoms. The van der Waals surface area contributed by atoms with E-state index in [4.69, 9.17) is 32.5 Å². The molecule has 0 saturated heterocycles. The first-order valence-corrected chi connectivity index (χ1v) is 12.6. The first kappa shape index (κ1) is 24.9. The van der Waals surface area contributed by atoms with Gasteiger partial charge in [0, 0.05) is 12.0 Å². The van der Waals surface area contributed by atoms with E-state index in [0.29, 0.717) is 38.9 Å². The van der Waals surface area contributed by atoms with Crippen molar-refractivity contribution in [3.05, 3.63) is 106 Å². The fourth-order valence-electron chi connectivity index (χ4n) is 4.37. The maximum Gasteiger partial charge on any atom is 0.336 e. The van der Waals surface area contributed by atoms with Gasteiger partial charge < -0.3 is 14.4 Å². The summed E-state index contributed by atoms with van der Waals surface area (Å²) in [5.74, 6) is 0.478. The Labute approximate surface area is 224 Å². The Hall–Kier alpha value is -3.80. The number of fused-ring (bicyclic) bond motifs is 1. The van der Waals surface area contributed by atoms with Crippen LogP contribution in [0.3, 0.4) is 0 Å². The summed E-state index contributed by atoms with van der Waals surface area (Å²) in [5, 5.41) is 16.4. The maximum atomic E-state index is 11.7. The normalized spacial score (nSPS) is 11.1. The van der Waals surface area contributed by atoms with Crippen LogP contribution in [-0.2, 0) is 13.0 Å². The van der Waals surface area contributed by atoms with Crippen LogP contribution in [0.5, 0.6) is 5.75 Å². The minimum Gasteiger partial charge on any atom is -0.489 e. The quantitative estimate of drug-likeness (QED) is 0.216. The van der Waals surface area contributed by atoms with Crippen molar-refractivity contribution >= 4 is 39.9 Å². The van der Waals surface area contributed by atoms with Gasteiger partial charge in [0.05, 0.1) is 21.2 Å². The van der Waals surface area contributed by atoms with Gasteiger partial charge in [-0.3, -0.25) is 0 Å². The van der Waals surface area contributed by atoms with Crippen molar-refractivity contribution in [3.63, 3.8) is 0 Å². The number of rotatable bonds is 8. The van der Waals surface area contributed by atoms with Crippen LogP contribution in [0, 0.1) is 0 Å². The van der Waals surface area contributed by atoms with Gasteiger partial charge in [-0.05, 0) is 64.7 Å². The van der Waals surface area contributed by atoms with E-state index in [-0.39, 0.29) is 12.2 Å². The molecule has 0 aliphatic rings. The van der Waals surface area contributed by atoms with Crippen LogP contribution in [0.1, 0.15) is 35.0 Å². The summed E-state index contributed by atoms with van der Waals surface area (Å²) < 4.78 is 11.8. The summed E-state index contributed by atoms with van der Waals surface area (Å²) >= 11 is 12.9. The largest absolute Gasteiger partial charge is 0.489 e. The predicted octanol–water partition coefficient (Wildman–Crippen LogP) is 8.70. The fraction of sp³-hybridized carbons (Fsp3) is 0.133. The van der Waals surface area contributed by atoms with Crippen molar-refractivity contribution in [2.45, 2.75) is 26.4 Å². The molecule has 0 aliphatic carbocycles. The number of benzene rings is 4. The predicted molar refractivity (Wildman–Crippen MR) is 147 cm³/mol. The van der Waals surface area contributed by atoms with Gasteiger partial charge in [-0.25, -0.2) is 4.79 Å². The number of halogens is 2. The van der Waals surface area contributed by atoms with Crippen molar-refractivity contribution in [1.29, 1.82) is 0 Å². The molecular weight excluding hydrogens is 509 g/mol. The summed E-state index contributed by atoms with van der Waals surface area (Å²) in [6.07, 6.45) is 1.61. The van der Waals surface area contributed by atoms with E-state index >= 15 is 0 Å². The summed E-state index contributed by atoms with van der Waals surface area (Å²) in [6, 6.07) is 24.1. The molecule has 0 bridgehead atoms. The lowest BCUT2D eigenvalue weighted by molar-refractivity contribution is 0.0699. The highest BCUT2D eigenvalue weighted by Gasteiger charge is 2.22. The second-order valence-corrected chi connectivity index (χ2v) is 9.45. The number of hydrogen-bond donors (Lipinski definition) is 1. The molecule has 0 saturated carbocycles. The third kappa shape index (κ3) is 5.06. The molecule has 0 spiro atoms. The van der Waals surface area contributed by atoms with E-state index in [1.54, 1.807) is 30.3 Å². The molecule has 4 aromatic carbocycles. The molecule has 0 radical (unpaired) electrons. The number of nitrogens with zero attached hydrogens (tertiary/aromatic N) is 1. The van der Waals surface area contributed by atoms with Gasteiger partial charge in [-0.1, -0.05) is 77.7 Å². The van der Waals surface area contributed by atoms with Crippen molar-refractivity contribution in [2.75, 3.05) is 0 Å². The van der Waals surface area contributed by atoms with Gasteiger partial charge in [0.25, 0.3) is 0 Å². The molecule has 0 amide bonds. The summed E-state index contributed by atoms with van der Waals surface area (Å²) in [5.41, 5.74) is 4.19. The minimum atomic E-state index is -0.944. The zero-order valence-electron chi connectivity index (χ0n) is 20.0. The summed E-state index contributed by atoms with van der Waals surface area (Å²) in [7, 11) is 0. The molecule has 186 valence electrons. The second kappa shape index (κ2) is 10.7. The van der Waals surface area contributed by atoms with Gasteiger partial charge in [0.1, 0.15) is 23.8 Å². The van der Waals surface area contributed by atoms with Crippen LogP contribution < -0.4 is 4.74 Å². The molecule has 5 nitrogen and oxygen atoms in total. The number of carbonyl (C=O) groups is 1. The molecule has 37 heavy (non-hydrogen) atoms. The average Bonchev–Trinajstić information content (AvgIpc) is 3.29.